The minimum Gasteiger partial charge on any atom is -0.458 e. The maximum atomic E-state index is 11.6. The lowest BCUT2D eigenvalue weighted by atomic mass is 10.3. The number of fused-ring (bicyclic) bond motifs is 1. The predicted molar refractivity (Wildman–Crippen MR) is 75.8 cm³/mol. The number of carbonyl (C=O) groups is 1. The van der Waals surface area contributed by atoms with Crippen molar-refractivity contribution in [2.75, 3.05) is 5.75 Å². The molecule has 0 bridgehead atoms. The smallest absolute Gasteiger partial charge is 0.316 e. The molecule has 0 N–H and O–H groups in total. The van der Waals surface area contributed by atoms with Gasteiger partial charge in [-0.2, -0.15) is 0 Å². The molecule has 21 heavy (non-hydrogen) atoms. The first-order chi connectivity index (χ1) is 10.2. The molecule has 1 aromatic carbocycles. The van der Waals surface area contributed by atoms with Crippen molar-refractivity contribution in [3.63, 3.8) is 0 Å². The number of benzene rings is 1. The van der Waals surface area contributed by atoms with Crippen LogP contribution in [-0.2, 0) is 16.1 Å². The summed E-state index contributed by atoms with van der Waals surface area (Å²) in [6.07, 6.45) is 0. The van der Waals surface area contributed by atoms with Crippen LogP contribution in [0.2, 0.25) is 0 Å². The summed E-state index contributed by atoms with van der Waals surface area (Å²) in [5, 5.41) is 4.19. The van der Waals surface area contributed by atoms with E-state index in [0.29, 0.717) is 22.3 Å². The van der Waals surface area contributed by atoms with Crippen molar-refractivity contribution in [2.24, 2.45) is 0 Å². The van der Waals surface area contributed by atoms with Gasteiger partial charge in [-0.3, -0.25) is 4.79 Å². The molecule has 0 aliphatic carbocycles. The summed E-state index contributed by atoms with van der Waals surface area (Å²) in [6, 6.07) is 9.16. The maximum Gasteiger partial charge on any atom is 0.316 e. The number of ether oxygens (including phenoxy) is 1. The molecule has 3 rings (SSSR count). The van der Waals surface area contributed by atoms with Gasteiger partial charge in [0, 0.05) is 6.07 Å². The van der Waals surface area contributed by atoms with Crippen LogP contribution in [0.15, 0.2) is 44.5 Å². The van der Waals surface area contributed by atoms with Crippen LogP contribution in [-0.4, -0.2) is 21.9 Å². The van der Waals surface area contributed by atoms with Crippen molar-refractivity contribution in [1.82, 2.24) is 10.1 Å². The third-order valence-corrected chi connectivity index (χ3v) is 3.45. The number of aromatic nitrogens is 2. The molecule has 6 nitrogen and oxygen atoms in total. The van der Waals surface area contributed by atoms with Gasteiger partial charge in [0.2, 0.25) is 0 Å². The molecule has 0 spiro atoms. The molecular weight excluding hydrogens is 292 g/mol. The van der Waals surface area contributed by atoms with Crippen LogP contribution in [0.1, 0.15) is 11.5 Å². The van der Waals surface area contributed by atoms with Gasteiger partial charge in [-0.1, -0.05) is 29.1 Å². The third kappa shape index (κ3) is 3.43. The van der Waals surface area contributed by atoms with Crippen LogP contribution in [0.5, 0.6) is 0 Å². The molecule has 0 unspecified atom stereocenters. The van der Waals surface area contributed by atoms with E-state index in [2.05, 4.69) is 10.1 Å². The van der Waals surface area contributed by atoms with Crippen molar-refractivity contribution in [2.45, 2.75) is 18.8 Å². The normalized spacial score (nSPS) is 10.9. The molecule has 0 fully saturated rings. The second kappa shape index (κ2) is 6.01. The third-order valence-electron chi connectivity index (χ3n) is 2.65. The van der Waals surface area contributed by atoms with Gasteiger partial charge in [0.05, 0.1) is 0 Å². The van der Waals surface area contributed by atoms with Crippen molar-refractivity contribution in [3.8, 4) is 0 Å². The molecule has 2 heterocycles. The molecule has 7 heteroatoms. The van der Waals surface area contributed by atoms with Gasteiger partial charge in [0.25, 0.3) is 5.22 Å². The van der Waals surface area contributed by atoms with Crippen molar-refractivity contribution < 1.29 is 18.5 Å². The molecule has 3 aromatic rings. The highest BCUT2D eigenvalue weighted by Gasteiger charge is 2.11. The van der Waals surface area contributed by atoms with Crippen LogP contribution in [0, 0.1) is 6.92 Å². The minimum atomic E-state index is -0.358. The molecule has 0 saturated heterocycles. The number of aryl methyl sites for hydroxylation is 1. The first kappa shape index (κ1) is 13.7. The van der Waals surface area contributed by atoms with Crippen LogP contribution in [0.25, 0.3) is 11.1 Å². The van der Waals surface area contributed by atoms with E-state index >= 15 is 0 Å². The lowest BCUT2D eigenvalue weighted by Crippen LogP contribution is -2.07. The SMILES string of the molecule is Cc1cc(COC(=O)CSc2nc3ccccc3o2)no1. The second-order valence-electron chi connectivity index (χ2n) is 4.33. The van der Waals surface area contributed by atoms with E-state index in [0.717, 1.165) is 5.52 Å². The number of esters is 1. The zero-order valence-electron chi connectivity index (χ0n) is 11.2. The summed E-state index contributed by atoms with van der Waals surface area (Å²) in [5.74, 6) is 0.453. The highest BCUT2D eigenvalue weighted by molar-refractivity contribution is 7.99. The molecule has 0 saturated carbocycles. The Labute approximate surface area is 124 Å². The van der Waals surface area contributed by atoms with E-state index in [1.54, 1.807) is 13.0 Å². The summed E-state index contributed by atoms with van der Waals surface area (Å²) in [6.45, 7) is 1.88. The monoisotopic (exact) mass is 304 g/mol. The van der Waals surface area contributed by atoms with E-state index in [-0.39, 0.29) is 18.3 Å². The van der Waals surface area contributed by atoms with Crippen LogP contribution in [0.3, 0.4) is 0 Å². The number of rotatable bonds is 5. The number of hydrogen-bond acceptors (Lipinski definition) is 7. The number of nitrogens with zero attached hydrogens (tertiary/aromatic N) is 2. The van der Waals surface area contributed by atoms with E-state index in [9.17, 15) is 4.79 Å². The average Bonchev–Trinajstić information content (AvgIpc) is 3.08. The Hall–Kier alpha value is -2.28. The van der Waals surface area contributed by atoms with Gasteiger partial charge in [-0.25, -0.2) is 4.98 Å². The number of hydrogen-bond donors (Lipinski definition) is 0. The van der Waals surface area contributed by atoms with Gasteiger partial charge >= 0.3 is 5.97 Å². The van der Waals surface area contributed by atoms with Gasteiger partial charge in [0.1, 0.15) is 29.3 Å². The van der Waals surface area contributed by atoms with Gasteiger partial charge in [-0.15, -0.1) is 0 Å². The zero-order chi connectivity index (χ0) is 14.7. The van der Waals surface area contributed by atoms with Crippen LogP contribution >= 0.6 is 11.8 Å². The molecular formula is C14H12N2O4S. The number of carbonyl (C=O) groups excluding carboxylic acids is 1. The standard InChI is InChI=1S/C14H12N2O4S/c1-9-6-10(16-20-9)7-18-13(17)8-21-14-15-11-4-2-3-5-12(11)19-14/h2-6H,7-8H2,1H3. The summed E-state index contributed by atoms with van der Waals surface area (Å²) >= 11 is 1.20. The predicted octanol–water partition coefficient (Wildman–Crippen LogP) is 2.96. The number of para-hydroxylation sites is 2. The van der Waals surface area contributed by atoms with Crippen molar-refractivity contribution in [3.05, 3.63) is 41.8 Å². The molecule has 2 aromatic heterocycles. The highest BCUT2D eigenvalue weighted by atomic mass is 32.2. The quantitative estimate of drug-likeness (QED) is 0.529. The van der Waals surface area contributed by atoms with Crippen molar-refractivity contribution >= 4 is 28.8 Å². The molecule has 0 radical (unpaired) electrons. The Morgan fingerprint density at radius 1 is 1.38 bits per heavy atom. The lowest BCUT2D eigenvalue weighted by molar-refractivity contribution is -0.141. The van der Waals surface area contributed by atoms with Crippen molar-refractivity contribution in [1.29, 1.82) is 0 Å². The Morgan fingerprint density at radius 2 is 2.24 bits per heavy atom. The first-order valence-electron chi connectivity index (χ1n) is 6.27. The Bertz CT molecular complexity index is 732. The van der Waals surface area contributed by atoms with E-state index in [1.807, 2.05) is 24.3 Å². The Kier molecular flexibility index (Phi) is 3.92. The summed E-state index contributed by atoms with van der Waals surface area (Å²) in [7, 11) is 0. The Balaban J connectivity index is 1.51. The molecule has 0 aliphatic heterocycles. The molecule has 108 valence electrons. The first-order valence-corrected chi connectivity index (χ1v) is 7.25. The summed E-state index contributed by atoms with van der Waals surface area (Å²) in [4.78, 5) is 15.9. The number of thioether (sulfide) groups is 1. The van der Waals surface area contributed by atoms with Gasteiger partial charge in [0.15, 0.2) is 5.58 Å². The zero-order valence-corrected chi connectivity index (χ0v) is 12.1. The summed E-state index contributed by atoms with van der Waals surface area (Å²) < 4.78 is 15.5. The van der Waals surface area contributed by atoms with E-state index in [1.165, 1.54) is 11.8 Å². The van der Waals surface area contributed by atoms with Crippen LogP contribution < -0.4 is 0 Å². The molecule has 0 amide bonds. The van der Waals surface area contributed by atoms with E-state index < -0.39 is 0 Å². The molecule has 0 atom stereocenters. The van der Waals surface area contributed by atoms with E-state index in [4.69, 9.17) is 13.7 Å². The summed E-state index contributed by atoms with van der Waals surface area (Å²) in [5.41, 5.74) is 2.06. The topological polar surface area (TPSA) is 78.4 Å². The van der Waals surface area contributed by atoms with Gasteiger partial charge < -0.3 is 13.7 Å². The fraction of sp³-hybridized carbons (Fsp3) is 0.214. The average molecular weight is 304 g/mol. The second-order valence-corrected chi connectivity index (χ2v) is 5.25. The minimum absolute atomic E-state index is 0.101. The maximum absolute atomic E-state index is 11.6. The fourth-order valence-electron chi connectivity index (χ4n) is 1.72. The lowest BCUT2D eigenvalue weighted by Gasteiger charge is -2.00. The van der Waals surface area contributed by atoms with Crippen LogP contribution in [0.4, 0.5) is 0 Å². The Morgan fingerprint density at radius 3 is 3.00 bits per heavy atom. The number of oxazole rings is 1. The fourth-order valence-corrected chi connectivity index (χ4v) is 2.35. The largest absolute Gasteiger partial charge is 0.458 e. The molecule has 0 aliphatic rings. The highest BCUT2D eigenvalue weighted by Crippen LogP contribution is 2.23. The van der Waals surface area contributed by atoms with Gasteiger partial charge in [-0.05, 0) is 19.1 Å².